The van der Waals surface area contributed by atoms with Crippen LogP contribution in [0, 0.1) is 6.92 Å². The molecule has 0 aliphatic carbocycles. The summed E-state index contributed by atoms with van der Waals surface area (Å²) < 4.78 is 10.5. The topological polar surface area (TPSA) is 44.5 Å². The number of hydrogen-bond donors (Lipinski definition) is 1. The van der Waals surface area contributed by atoms with Crippen molar-refractivity contribution < 1.29 is 9.47 Å². The second-order valence-electron chi connectivity index (χ2n) is 3.43. The van der Waals surface area contributed by atoms with Crippen LogP contribution in [0.5, 0.6) is 11.5 Å². The van der Waals surface area contributed by atoms with Crippen LogP contribution in [0.1, 0.15) is 24.1 Å². The van der Waals surface area contributed by atoms with Gasteiger partial charge in [-0.1, -0.05) is 11.6 Å². The molecule has 1 aliphatic rings. The molecule has 3 nitrogen and oxygen atoms in total. The van der Waals surface area contributed by atoms with Crippen LogP contribution in [0.4, 0.5) is 0 Å². The fraction of sp³-hybridized carbons (Fsp3) is 0.400. The Kier molecular flexibility index (Phi) is 2.29. The first-order chi connectivity index (χ1) is 6.61. The molecule has 0 amide bonds. The number of ether oxygens (including phenoxy) is 2. The molecule has 4 heteroatoms. The highest BCUT2D eigenvalue weighted by atomic mass is 35.5. The van der Waals surface area contributed by atoms with Crippen molar-refractivity contribution in [3.63, 3.8) is 0 Å². The predicted molar refractivity (Wildman–Crippen MR) is 54.9 cm³/mol. The first kappa shape index (κ1) is 9.62. The molecule has 1 heterocycles. The van der Waals surface area contributed by atoms with Gasteiger partial charge >= 0.3 is 0 Å². The van der Waals surface area contributed by atoms with Crippen molar-refractivity contribution in [2.24, 2.45) is 5.73 Å². The molecule has 2 N–H and O–H groups in total. The number of nitrogens with two attached hydrogens (primary N) is 1. The molecular formula is C10H12ClNO2. The molecule has 0 fully saturated rings. The minimum absolute atomic E-state index is 0.0537. The van der Waals surface area contributed by atoms with E-state index in [1.165, 1.54) is 0 Å². The van der Waals surface area contributed by atoms with Gasteiger partial charge in [0.15, 0.2) is 11.5 Å². The van der Waals surface area contributed by atoms with Crippen LogP contribution in [0.2, 0.25) is 5.02 Å². The predicted octanol–water partition coefficient (Wildman–Crippen LogP) is 2.40. The molecular weight excluding hydrogens is 202 g/mol. The Hall–Kier alpha value is -0.930. The first-order valence-electron chi connectivity index (χ1n) is 4.45. The van der Waals surface area contributed by atoms with E-state index in [-0.39, 0.29) is 12.8 Å². The van der Waals surface area contributed by atoms with E-state index in [1.807, 2.05) is 19.9 Å². The number of benzene rings is 1. The van der Waals surface area contributed by atoms with E-state index in [9.17, 15) is 0 Å². The van der Waals surface area contributed by atoms with Gasteiger partial charge < -0.3 is 15.2 Å². The summed E-state index contributed by atoms with van der Waals surface area (Å²) in [6.45, 7) is 4.08. The summed E-state index contributed by atoms with van der Waals surface area (Å²) >= 11 is 6.13. The van der Waals surface area contributed by atoms with E-state index < -0.39 is 0 Å². The SMILES string of the molecule is Cc1c(C(C)N)cc2c(c1Cl)OCO2. The lowest BCUT2D eigenvalue weighted by atomic mass is 10.0. The third kappa shape index (κ3) is 1.33. The van der Waals surface area contributed by atoms with Crippen LogP contribution in [0.25, 0.3) is 0 Å². The van der Waals surface area contributed by atoms with E-state index in [0.29, 0.717) is 16.5 Å². The molecule has 2 rings (SSSR count). The zero-order valence-corrected chi connectivity index (χ0v) is 8.89. The van der Waals surface area contributed by atoms with Gasteiger partial charge in [0.2, 0.25) is 6.79 Å². The second kappa shape index (κ2) is 3.33. The maximum absolute atomic E-state index is 6.13. The molecule has 1 atom stereocenters. The van der Waals surface area contributed by atoms with E-state index in [0.717, 1.165) is 11.1 Å². The summed E-state index contributed by atoms with van der Waals surface area (Å²) in [5.41, 5.74) is 7.79. The molecule has 0 bridgehead atoms. The van der Waals surface area contributed by atoms with Crippen LogP contribution in [0.3, 0.4) is 0 Å². The molecule has 1 aromatic carbocycles. The summed E-state index contributed by atoms with van der Waals surface area (Å²) in [5, 5.41) is 0.604. The molecule has 1 aliphatic heterocycles. The van der Waals surface area contributed by atoms with E-state index in [4.69, 9.17) is 26.8 Å². The fourth-order valence-corrected chi connectivity index (χ4v) is 1.84. The lowest BCUT2D eigenvalue weighted by molar-refractivity contribution is 0.174. The Balaban J connectivity index is 2.61. The number of rotatable bonds is 1. The zero-order valence-electron chi connectivity index (χ0n) is 8.13. The van der Waals surface area contributed by atoms with Crippen LogP contribution in [-0.4, -0.2) is 6.79 Å². The molecule has 0 saturated heterocycles. The van der Waals surface area contributed by atoms with Gasteiger partial charge in [-0.05, 0) is 31.0 Å². The molecule has 0 saturated carbocycles. The minimum atomic E-state index is -0.0537. The summed E-state index contributed by atoms with van der Waals surface area (Å²) in [5.74, 6) is 1.32. The van der Waals surface area contributed by atoms with Crippen LogP contribution < -0.4 is 15.2 Å². The summed E-state index contributed by atoms with van der Waals surface area (Å²) in [6.07, 6.45) is 0. The maximum Gasteiger partial charge on any atom is 0.231 e. The summed E-state index contributed by atoms with van der Waals surface area (Å²) in [4.78, 5) is 0. The van der Waals surface area contributed by atoms with Crippen molar-refractivity contribution in [3.8, 4) is 11.5 Å². The fourth-order valence-electron chi connectivity index (χ4n) is 1.59. The largest absolute Gasteiger partial charge is 0.454 e. The van der Waals surface area contributed by atoms with Crippen LogP contribution in [0.15, 0.2) is 6.07 Å². The zero-order chi connectivity index (χ0) is 10.3. The van der Waals surface area contributed by atoms with Crippen LogP contribution >= 0.6 is 11.6 Å². The highest BCUT2D eigenvalue weighted by molar-refractivity contribution is 6.33. The Labute approximate surface area is 87.8 Å². The maximum atomic E-state index is 6.13. The average Bonchev–Trinajstić information content (AvgIpc) is 2.58. The normalized spacial score (nSPS) is 15.7. The molecule has 0 radical (unpaired) electrons. The van der Waals surface area contributed by atoms with Crippen molar-refractivity contribution in [2.45, 2.75) is 19.9 Å². The summed E-state index contributed by atoms with van der Waals surface area (Å²) in [6, 6.07) is 1.84. The Morgan fingerprint density at radius 2 is 2.21 bits per heavy atom. The lowest BCUT2D eigenvalue weighted by Gasteiger charge is -2.12. The molecule has 0 aromatic heterocycles. The van der Waals surface area contributed by atoms with E-state index in [1.54, 1.807) is 0 Å². The van der Waals surface area contributed by atoms with Gasteiger partial charge in [0.1, 0.15) is 0 Å². The minimum Gasteiger partial charge on any atom is -0.454 e. The Morgan fingerprint density at radius 3 is 2.86 bits per heavy atom. The van der Waals surface area contributed by atoms with Gasteiger partial charge in [-0.2, -0.15) is 0 Å². The lowest BCUT2D eigenvalue weighted by Crippen LogP contribution is -2.07. The van der Waals surface area contributed by atoms with Gasteiger partial charge in [0.05, 0.1) is 5.02 Å². The monoisotopic (exact) mass is 213 g/mol. The average molecular weight is 214 g/mol. The van der Waals surface area contributed by atoms with E-state index in [2.05, 4.69) is 0 Å². The van der Waals surface area contributed by atoms with Crippen molar-refractivity contribution in [1.82, 2.24) is 0 Å². The number of halogens is 1. The number of hydrogen-bond acceptors (Lipinski definition) is 3. The van der Waals surface area contributed by atoms with Crippen molar-refractivity contribution in [3.05, 3.63) is 22.2 Å². The molecule has 76 valence electrons. The first-order valence-corrected chi connectivity index (χ1v) is 4.83. The highest BCUT2D eigenvalue weighted by Gasteiger charge is 2.22. The molecule has 1 unspecified atom stereocenters. The third-order valence-electron chi connectivity index (χ3n) is 2.38. The quantitative estimate of drug-likeness (QED) is 0.779. The standard InChI is InChI=1S/C10H12ClNO2/c1-5-7(6(2)12)3-8-10(9(5)11)14-4-13-8/h3,6H,4,12H2,1-2H3. The van der Waals surface area contributed by atoms with Crippen molar-refractivity contribution in [1.29, 1.82) is 0 Å². The van der Waals surface area contributed by atoms with E-state index >= 15 is 0 Å². The van der Waals surface area contributed by atoms with Gasteiger partial charge in [-0.3, -0.25) is 0 Å². The van der Waals surface area contributed by atoms with Gasteiger partial charge in [0.25, 0.3) is 0 Å². The molecule has 14 heavy (non-hydrogen) atoms. The summed E-state index contributed by atoms with van der Waals surface area (Å²) in [7, 11) is 0. The van der Waals surface area contributed by atoms with Gasteiger partial charge in [0, 0.05) is 6.04 Å². The van der Waals surface area contributed by atoms with Gasteiger partial charge in [-0.15, -0.1) is 0 Å². The smallest absolute Gasteiger partial charge is 0.231 e. The Bertz CT molecular complexity index is 377. The highest BCUT2D eigenvalue weighted by Crippen LogP contribution is 2.43. The second-order valence-corrected chi connectivity index (χ2v) is 3.81. The van der Waals surface area contributed by atoms with Crippen LogP contribution in [-0.2, 0) is 0 Å². The Morgan fingerprint density at radius 1 is 1.50 bits per heavy atom. The third-order valence-corrected chi connectivity index (χ3v) is 2.84. The van der Waals surface area contributed by atoms with Crippen molar-refractivity contribution in [2.75, 3.05) is 6.79 Å². The number of fused-ring (bicyclic) bond motifs is 1. The molecule has 0 spiro atoms. The van der Waals surface area contributed by atoms with Gasteiger partial charge in [-0.25, -0.2) is 0 Å². The molecule has 1 aromatic rings. The van der Waals surface area contributed by atoms with Crippen molar-refractivity contribution >= 4 is 11.6 Å².